The molecule has 0 aliphatic carbocycles. The van der Waals surface area contributed by atoms with Crippen molar-refractivity contribution < 1.29 is 32.3 Å². The van der Waals surface area contributed by atoms with Gasteiger partial charge in [0.15, 0.2) is 0 Å². The first kappa shape index (κ1) is 29.6. The van der Waals surface area contributed by atoms with Gasteiger partial charge in [0, 0.05) is 18.2 Å². The lowest BCUT2D eigenvalue weighted by Crippen LogP contribution is -2.61. The summed E-state index contributed by atoms with van der Waals surface area (Å²) < 4.78 is 44.0. The van der Waals surface area contributed by atoms with Gasteiger partial charge in [-0.25, -0.2) is 0 Å². The number of carbonyl (C=O) groups is 3. The van der Waals surface area contributed by atoms with Crippen molar-refractivity contribution in [3.05, 3.63) is 64.7 Å². The van der Waals surface area contributed by atoms with Crippen molar-refractivity contribution in [1.82, 2.24) is 16.0 Å². The average molecular weight is 523 g/mol. The fourth-order valence-corrected chi connectivity index (χ4v) is 3.78. The number of methoxy groups -OCH3 is 1. The molecule has 2 rings (SSSR count). The molecule has 0 heterocycles. The maximum absolute atomic E-state index is 12.9. The summed E-state index contributed by atoms with van der Waals surface area (Å²) in [5.74, 6) is -1.65. The van der Waals surface area contributed by atoms with E-state index in [1.54, 1.807) is 7.11 Å². The average Bonchev–Trinajstić information content (AvgIpc) is 2.81. The minimum absolute atomic E-state index is 0.252. The molecule has 0 fully saturated rings. The van der Waals surface area contributed by atoms with Gasteiger partial charge in [0.05, 0.1) is 19.2 Å². The molecule has 8 nitrogen and oxygen atoms in total. The van der Waals surface area contributed by atoms with Crippen molar-refractivity contribution in [2.75, 3.05) is 13.7 Å². The van der Waals surface area contributed by atoms with E-state index in [0.717, 1.165) is 23.3 Å². The van der Waals surface area contributed by atoms with E-state index in [1.165, 1.54) is 6.07 Å². The van der Waals surface area contributed by atoms with E-state index in [9.17, 15) is 27.6 Å². The number of benzene rings is 2. The Hall–Kier alpha value is -3.60. The third-order valence-electron chi connectivity index (χ3n) is 5.81. The second-order valence-electron chi connectivity index (χ2n) is 9.73. The highest BCUT2D eigenvalue weighted by Crippen LogP contribution is 2.29. The molecule has 0 bridgehead atoms. The number of hydrogen-bond donors (Lipinski definition) is 4. The normalized spacial score (nSPS) is 13.4. The van der Waals surface area contributed by atoms with Crippen LogP contribution in [0.1, 0.15) is 47.8 Å². The first-order valence-electron chi connectivity index (χ1n) is 11.5. The highest BCUT2D eigenvalue weighted by Gasteiger charge is 2.36. The number of amides is 3. The molecule has 5 N–H and O–H groups in total. The second kappa shape index (κ2) is 12.1. The van der Waals surface area contributed by atoms with Gasteiger partial charge < -0.3 is 26.4 Å². The van der Waals surface area contributed by atoms with Gasteiger partial charge in [-0.15, -0.1) is 0 Å². The minimum atomic E-state index is -4.61. The molecule has 2 aromatic carbocycles. The monoisotopic (exact) mass is 522 g/mol. The van der Waals surface area contributed by atoms with E-state index in [4.69, 9.17) is 10.5 Å². The van der Waals surface area contributed by atoms with Crippen LogP contribution in [0.25, 0.3) is 0 Å². The SMILES string of the molecule is COc1ccc(CNC(C(NC(=O)CNC(=O)c2cccc(C(F)(F)F)c2)C(N)=O)C(C)(C)C)c(C)c1. The lowest BCUT2D eigenvalue weighted by molar-refractivity contribution is -0.137. The van der Waals surface area contributed by atoms with Crippen LogP contribution in [0.3, 0.4) is 0 Å². The Kier molecular flexibility index (Phi) is 9.68. The highest BCUT2D eigenvalue weighted by atomic mass is 19.4. The Morgan fingerprint density at radius 1 is 1.05 bits per heavy atom. The van der Waals surface area contributed by atoms with Gasteiger partial charge in [-0.05, 0) is 53.8 Å². The fraction of sp³-hybridized carbons (Fsp3) is 0.423. The molecule has 0 spiro atoms. The third kappa shape index (κ3) is 8.49. The summed E-state index contributed by atoms with van der Waals surface area (Å²) in [4.78, 5) is 37.2. The quantitative estimate of drug-likeness (QED) is 0.382. The number of alkyl halides is 3. The largest absolute Gasteiger partial charge is 0.497 e. The van der Waals surface area contributed by atoms with Crippen LogP contribution >= 0.6 is 0 Å². The Morgan fingerprint density at radius 2 is 1.73 bits per heavy atom. The Bertz CT molecular complexity index is 1130. The molecule has 37 heavy (non-hydrogen) atoms. The molecule has 0 saturated carbocycles. The summed E-state index contributed by atoms with van der Waals surface area (Å²) in [5, 5.41) is 8.12. The maximum atomic E-state index is 12.9. The Labute approximate surface area is 214 Å². The number of primary amides is 1. The van der Waals surface area contributed by atoms with E-state index in [2.05, 4.69) is 16.0 Å². The topological polar surface area (TPSA) is 123 Å². The molecule has 0 aliphatic heterocycles. The standard InChI is InChI=1S/C26H33F3N4O4/c1-15-11-19(37-5)10-9-17(15)13-31-22(25(2,3)4)21(23(30)35)33-20(34)14-32-24(36)16-7-6-8-18(12-16)26(27,28)29/h6-12,21-22,31H,13-14H2,1-5H3,(H2,30,35)(H,32,36)(H,33,34). The smallest absolute Gasteiger partial charge is 0.416 e. The summed E-state index contributed by atoms with van der Waals surface area (Å²) >= 11 is 0. The number of rotatable bonds is 10. The second-order valence-corrected chi connectivity index (χ2v) is 9.73. The zero-order chi connectivity index (χ0) is 28.0. The lowest BCUT2D eigenvalue weighted by Gasteiger charge is -2.37. The van der Waals surface area contributed by atoms with E-state index >= 15 is 0 Å². The van der Waals surface area contributed by atoms with Gasteiger partial charge in [0.1, 0.15) is 11.8 Å². The van der Waals surface area contributed by atoms with E-state index in [-0.39, 0.29) is 5.56 Å². The van der Waals surface area contributed by atoms with Gasteiger partial charge in [0.25, 0.3) is 5.91 Å². The summed E-state index contributed by atoms with van der Waals surface area (Å²) in [6.07, 6.45) is -4.61. The zero-order valence-corrected chi connectivity index (χ0v) is 21.5. The molecule has 0 saturated heterocycles. The number of nitrogens with one attached hydrogen (secondary N) is 3. The van der Waals surface area contributed by atoms with Crippen LogP contribution in [-0.4, -0.2) is 43.5 Å². The van der Waals surface area contributed by atoms with Crippen LogP contribution in [0.4, 0.5) is 13.2 Å². The van der Waals surface area contributed by atoms with Gasteiger partial charge >= 0.3 is 6.18 Å². The molecule has 3 amide bonds. The van der Waals surface area contributed by atoms with E-state index < -0.39 is 53.5 Å². The fourth-order valence-electron chi connectivity index (χ4n) is 3.78. The van der Waals surface area contributed by atoms with Crippen LogP contribution < -0.4 is 26.4 Å². The van der Waals surface area contributed by atoms with Gasteiger partial charge in [-0.1, -0.05) is 32.9 Å². The number of hydrogen-bond acceptors (Lipinski definition) is 5. The predicted molar refractivity (Wildman–Crippen MR) is 133 cm³/mol. The van der Waals surface area contributed by atoms with Crippen molar-refractivity contribution in [2.24, 2.45) is 11.1 Å². The summed E-state index contributed by atoms with van der Waals surface area (Å²) in [6.45, 7) is 7.37. The van der Waals surface area contributed by atoms with E-state index in [1.807, 2.05) is 45.9 Å². The minimum Gasteiger partial charge on any atom is -0.497 e. The van der Waals surface area contributed by atoms with Crippen LogP contribution in [0.5, 0.6) is 5.75 Å². The number of nitrogens with two attached hydrogens (primary N) is 1. The summed E-state index contributed by atoms with van der Waals surface area (Å²) in [6, 6.07) is 7.71. The molecular weight excluding hydrogens is 489 g/mol. The Balaban J connectivity index is 2.09. The van der Waals surface area contributed by atoms with Gasteiger partial charge in [0.2, 0.25) is 11.8 Å². The van der Waals surface area contributed by atoms with Crippen LogP contribution in [0.15, 0.2) is 42.5 Å². The Morgan fingerprint density at radius 3 is 2.27 bits per heavy atom. The van der Waals surface area contributed by atoms with Crippen molar-refractivity contribution in [2.45, 2.75) is 52.5 Å². The first-order valence-corrected chi connectivity index (χ1v) is 11.5. The predicted octanol–water partition coefficient (Wildman–Crippen LogP) is 2.93. The van der Waals surface area contributed by atoms with Crippen LogP contribution in [-0.2, 0) is 22.3 Å². The van der Waals surface area contributed by atoms with Crippen LogP contribution in [0.2, 0.25) is 0 Å². The zero-order valence-electron chi connectivity index (χ0n) is 21.5. The van der Waals surface area contributed by atoms with Crippen molar-refractivity contribution in [3.63, 3.8) is 0 Å². The molecule has 11 heteroatoms. The van der Waals surface area contributed by atoms with Gasteiger partial charge in [-0.3, -0.25) is 14.4 Å². The molecule has 2 aromatic rings. The van der Waals surface area contributed by atoms with Crippen molar-refractivity contribution in [1.29, 1.82) is 0 Å². The molecule has 202 valence electrons. The van der Waals surface area contributed by atoms with E-state index in [0.29, 0.717) is 18.4 Å². The molecule has 0 aliphatic rings. The highest BCUT2D eigenvalue weighted by molar-refractivity contribution is 5.97. The molecule has 0 aromatic heterocycles. The van der Waals surface area contributed by atoms with Crippen molar-refractivity contribution >= 4 is 17.7 Å². The maximum Gasteiger partial charge on any atom is 0.416 e. The van der Waals surface area contributed by atoms with Crippen molar-refractivity contribution in [3.8, 4) is 5.75 Å². The van der Waals surface area contributed by atoms with Crippen LogP contribution in [0, 0.1) is 12.3 Å². The molecule has 2 atom stereocenters. The number of aryl methyl sites for hydroxylation is 1. The third-order valence-corrected chi connectivity index (χ3v) is 5.81. The molecule has 2 unspecified atom stereocenters. The summed E-state index contributed by atoms with van der Waals surface area (Å²) in [5.41, 5.74) is 5.79. The number of ether oxygens (including phenoxy) is 1. The first-order chi connectivity index (χ1) is 17.1. The summed E-state index contributed by atoms with van der Waals surface area (Å²) in [7, 11) is 1.57. The molecular formula is C26H33F3N4O4. The number of halogens is 3. The molecule has 0 radical (unpaired) electrons. The number of carbonyl (C=O) groups excluding carboxylic acids is 3. The van der Waals surface area contributed by atoms with Gasteiger partial charge in [-0.2, -0.15) is 13.2 Å². The lowest BCUT2D eigenvalue weighted by atomic mass is 9.81.